The number of benzene rings is 1. The van der Waals surface area contributed by atoms with E-state index in [-0.39, 0.29) is 12.0 Å². The molecule has 0 saturated heterocycles. The Bertz CT molecular complexity index is 666. The number of hydrogen-bond donors (Lipinski definition) is 1. The van der Waals surface area contributed by atoms with Crippen molar-refractivity contribution in [2.24, 2.45) is 5.92 Å². The maximum absolute atomic E-state index is 13.1. The molecule has 2 rings (SSSR count). The highest BCUT2D eigenvalue weighted by molar-refractivity contribution is 5.97. The van der Waals surface area contributed by atoms with E-state index >= 15 is 0 Å². The molecular weight excluding hydrogens is 328 g/mol. The van der Waals surface area contributed by atoms with Crippen LogP contribution in [0.1, 0.15) is 65.4 Å². The third-order valence-electron chi connectivity index (χ3n) is 4.67. The molecule has 1 aromatic rings. The Labute approximate surface area is 156 Å². The molecule has 0 aliphatic heterocycles. The van der Waals surface area contributed by atoms with Gasteiger partial charge in [0.25, 0.3) is 5.91 Å². The van der Waals surface area contributed by atoms with E-state index in [1.165, 1.54) is 0 Å². The van der Waals surface area contributed by atoms with Crippen molar-refractivity contribution < 1.29 is 14.3 Å². The van der Waals surface area contributed by atoms with Gasteiger partial charge >= 0.3 is 0 Å². The van der Waals surface area contributed by atoms with Crippen LogP contribution in [0.5, 0.6) is 5.75 Å². The van der Waals surface area contributed by atoms with E-state index in [1.807, 2.05) is 20.8 Å². The predicted molar refractivity (Wildman–Crippen MR) is 102 cm³/mol. The van der Waals surface area contributed by atoms with Crippen LogP contribution in [0.2, 0.25) is 0 Å². The molecule has 142 valence electrons. The summed E-state index contributed by atoms with van der Waals surface area (Å²) in [6.07, 6.45) is 4.45. The first-order chi connectivity index (χ1) is 12.4. The summed E-state index contributed by atoms with van der Waals surface area (Å²) in [5.41, 5.74) is 0.241. The monoisotopic (exact) mass is 358 g/mol. The van der Waals surface area contributed by atoms with Crippen LogP contribution in [-0.2, 0) is 9.53 Å². The van der Waals surface area contributed by atoms with Crippen molar-refractivity contribution in [3.05, 3.63) is 23.8 Å². The maximum Gasteiger partial charge on any atom is 0.256 e. The van der Waals surface area contributed by atoms with Crippen molar-refractivity contribution in [3.8, 4) is 11.8 Å². The Hall–Kier alpha value is -2.06. The van der Waals surface area contributed by atoms with E-state index in [9.17, 15) is 10.1 Å². The van der Waals surface area contributed by atoms with Crippen LogP contribution in [-0.4, -0.2) is 24.2 Å². The van der Waals surface area contributed by atoms with E-state index in [0.29, 0.717) is 29.5 Å². The number of nitrogens with zero attached hydrogens (tertiary/aromatic N) is 1. The maximum atomic E-state index is 13.1. The minimum atomic E-state index is -0.770. The van der Waals surface area contributed by atoms with Crippen LogP contribution in [0.3, 0.4) is 0 Å². The Morgan fingerprint density at radius 2 is 2.23 bits per heavy atom. The van der Waals surface area contributed by atoms with E-state index in [0.717, 1.165) is 32.1 Å². The summed E-state index contributed by atoms with van der Waals surface area (Å²) in [4.78, 5) is 13.1. The number of carbonyl (C=O) groups excluding carboxylic acids is 1. The number of amides is 1. The van der Waals surface area contributed by atoms with Gasteiger partial charge in [0, 0.05) is 12.3 Å². The molecule has 1 fully saturated rings. The second kappa shape index (κ2) is 9.05. The summed E-state index contributed by atoms with van der Waals surface area (Å²) in [7, 11) is 0. The zero-order valence-electron chi connectivity index (χ0n) is 16.3. The van der Waals surface area contributed by atoms with Gasteiger partial charge in [-0.25, -0.2) is 0 Å². The van der Waals surface area contributed by atoms with Gasteiger partial charge in [-0.3, -0.25) is 4.79 Å². The summed E-state index contributed by atoms with van der Waals surface area (Å²) in [6, 6.07) is 7.31. The van der Waals surface area contributed by atoms with Gasteiger partial charge in [0.2, 0.25) is 0 Å². The fourth-order valence-electron chi connectivity index (χ4n) is 3.50. The summed E-state index contributed by atoms with van der Waals surface area (Å²) in [5, 5.41) is 12.3. The molecule has 0 bridgehead atoms. The molecule has 1 aliphatic rings. The molecule has 5 heteroatoms. The van der Waals surface area contributed by atoms with Crippen LogP contribution >= 0.6 is 0 Å². The highest BCUT2D eigenvalue weighted by Gasteiger charge is 2.42. The first kappa shape index (κ1) is 20.3. The van der Waals surface area contributed by atoms with Gasteiger partial charge in [-0.2, -0.15) is 5.26 Å². The number of ether oxygens (including phenoxy) is 2. The number of nitrogens with one attached hydrogen (secondary N) is 1. The number of hydrogen-bond acceptors (Lipinski definition) is 4. The first-order valence-corrected chi connectivity index (χ1v) is 9.56. The Morgan fingerprint density at radius 3 is 2.85 bits per heavy atom. The average Bonchev–Trinajstić information content (AvgIpc) is 2.60. The zero-order valence-corrected chi connectivity index (χ0v) is 16.3. The zero-order chi connectivity index (χ0) is 19.2. The third kappa shape index (κ3) is 4.98. The lowest BCUT2D eigenvalue weighted by atomic mass is 9.78. The molecule has 0 heterocycles. The molecule has 2 atom stereocenters. The smallest absolute Gasteiger partial charge is 0.256 e. The molecule has 1 N–H and O–H groups in total. The van der Waals surface area contributed by atoms with Gasteiger partial charge in [-0.1, -0.05) is 20.3 Å². The SMILES string of the molecule is CCCO[C@@]1(C(=O)Nc2ccc(OC(C)C)c(C#N)c2)CCC[C@H](C)C1. The predicted octanol–water partition coefficient (Wildman–Crippen LogP) is 4.66. The van der Waals surface area contributed by atoms with Crippen molar-refractivity contribution in [2.45, 2.75) is 71.5 Å². The Morgan fingerprint density at radius 1 is 1.46 bits per heavy atom. The standard InChI is InChI=1S/C21H30N2O3/c1-5-11-25-21(10-6-7-16(4)13-21)20(24)23-18-8-9-19(26-15(2)3)17(12-18)14-22/h8-9,12,15-16H,5-7,10-11,13H2,1-4H3,(H,23,24)/t16-,21-/m0/s1. The van der Waals surface area contributed by atoms with Gasteiger partial charge in [0.15, 0.2) is 0 Å². The summed E-state index contributed by atoms with van der Waals surface area (Å²) < 4.78 is 11.7. The van der Waals surface area contributed by atoms with Crippen molar-refractivity contribution in [2.75, 3.05) is 11.9 Å². The molecular formula is C21H30N2O3. The van der Waals surface area contributed by atoms with Gasteiger partial charge in [-0.15, -0.1) is 0 Å². The minimum absolute atomic E-state index is 0.0167. The number of anilines is 1. The van der Waals surface area contributed by atoms with Crippen molar-refractivity contribution in [3.63, 3.8) is 0 Å². The van der Waals surface area contributed by atoms with E-state index < -0.39 is 5.60 Å². The Kier molecular flexibility index (Phi) is 7.05. The molecule has 1 amide bonds. The van der Waals surface area contributed by atoms with Gasteiger partial charge in [0.05, 0.1) is 11.7 Å². The molecule has 26 heavy (non-hydrogen) atoms. The topological polar surface area (TPSA) is 71.3 Å². The normalized spacial score (nSPS) is 22.7. The van der Waals surface area contributed by atoms with Crippen LogP contribution < -0.4 is 10.1 Å². The average molecular weight is 358 g/mol. The number of nitriles is 1. The van der Waals surface area contributed by atoms with Crippen molar-refractivity contribution in [1.29, 1.82) is 5.26 Å². The summed E-state index contributed by atoms with van der Waals surface area (Å²) in [5.74, 6) is 0.880. The lowest BCUT2D eigenvalue weighted by molar-refractivity contribution is -0.148. The lowest BCUT2D eigenvalue weighted by Crippen LogP contribution is -2.48. The minimum Gasteiger partial charge on any atom is -0.490 e. The lowest BCUT2D eigenvalue weighted by Gasteiger charge is -2.38. The fourth-order valence-corrected chi connectivity index (χ4v) is 3.50. The second-order valence-electron chi connectivity index (χ2n) is 7.49. The molecule has 1 aliphatic carbocycles. The molecule has 1 saturated carbocycles. The van der Waals surface area contributed by atoms with Crippen LogP contribution in [0, 0.1) is 17.2 Å². The number of carbonyl (C=O) groups is 1. The molecule has 1 aromatic carbocycles. The fraction of sp³-hybridized carbons (Fsp3) is 0.619. The van der Waals surface area contributed by atoms with Crippen molar-refractivity contribution >= 4 is 11.6 Å². The molecule has 0 spiro atoms. The largest absolute Gasteiger partial charge is 0.490 e. The van der Waals surface area contributed by atoms with E-state index in [2.05, 4.69) is 18.3 Å². The Balaban J connectivity index is 2.19. The van der Waals surface area contributed by atoms with Crippen LogP contribution in [0.4, 0.5) is 5.69 Å². The molecule has 5 nitrogen and oxygen atoms in total. The first-order valence-electron chi connectivity index (χ1n) is 9.56. The highest BCUT2D eigenvalue weighted by Crippen LogP contribution is 2.36. The van der Waals surface area contributed by atoms with Crippen LogP contribution in [0.15, 0.2) is 18.2 Å². The third-order valence-corrected chi connectivity index (χ3v) is 4.67. The van der Waals surface area contributed by atoms with Crippen molar-refractivity contribution in [1.82, 2.24) is 0 Å². The van der Waals surface area contributed by atoms with Gasteiger partial charge in [-0.05, 0) is 63.6 Å². The van der Waals surface area contributed by atoms with E-state index in [4.69, 9.17) is 9.47 Å². The van der Waals surface area contributed by atoms with E-state index in [1.54, 1.807) is 18.2 Å². The van der Waals surface area contributed by atoms with Crippen LogP contribution in [0.25, 0.3) is 0 Å². The quantitative estimate of drug-likeness (QED) is 0.769. The highest BCUT2D eigenvalue weighted by atomic mass is 16.5. The summed E-state index contributed by atoms with van der Waals surface area (Å²) in [6.45, 7) is 8.61. The molecule has 0 aromatic heterocycles. The summed E-state index contributed by atoms with van der Waals surface area (Å²) >= 11 is 0. The van der Waals surface area contributed by atoms with Gasteiger partial charge < -0.3 is 14.8 Å². The molecule has 0 unspecified atom stereocenters. The second-order valence-corrected chi connectivity index (χ2v) is 7.49. The van der Waals surface area contributed by atoms with Gasteiger partial charge in [0.1, 0.15) is 17.4 Å². The number of rotatable bonds is 7. The molecule has 0 radical (unpaired) electrons.